The Labute approximate surface area is 142 Å². The summed E-state index contributed by atoms with van der Waals surface area (Å²) in [7, 11) is 0. The van der Waals surface area contributed by atoms with Crippen LogP contribution >= 0.6 is 0 Å². The Bertz CT molecular complexity index is 605. The molecule has 1 saturated heterocycles. The first-order valence-corrected chi connectivity index (χ1v) is 8.27. The van der Waals surface area contributed by atoms with E-state index >= 15 is 0 Å². The molecule has 0 saturated carbocycles. The highest BCUT2D eigenvalue weighted by molar-refractivity contribution is 5.79. The van der Waals surface area contributed by atoms with Gasteiger partial charge in [0.1, 0.15) is 5.82 Å². The number of likely N-dealkylation sites (tertiary alicyclic amines) is 1. The van der Waals surface area contributed by atoms with Crippen molar-refractivity contribution in [3.63, 3.8) is 0 Å². The standard InChI is InChI=1S/C18H25FN2O3/c1-4-21(13(2)14-5-7-15(19)8-6-14)16(22)11-20-10-9-18(3,12-20)17(23)24/h5-8,13H,4,9-12H2,1-3H3,(H,23,24). The van der Waals surface area contributed by atoms with Crippen molar-refractivity contribution in [2.75, 3.05) is 26.2 Å². The molecule has 6 heteroatoms. The van der Waals surface area contributed by atoms with E-state index in [0.29, 0.717) is 26.1 Å². The van der Waals surface area contributed by atoms with Gasteiger partial charge in [0.05, 0.1) is 18.0 Å². The lowest BCUT2D eigenvalue weighted by Gasteiger charge is -2.30. The molecule has 2 rings (SSSR count). The number of aliphatic carboxylic acids is 1. The van der Waals surface area contributed by atoms with Crippen LogP contribution in [-0.4, -0.2) is 53.0 Å². The molecular formula is C18H25FN2O3. The number of nitrogens with zero attached hydrogens (tertiary/aromatic N) is 2. The summed E-state index contributed by atoms with van der Waals surface area (Å²) in [4.78, 5) is 27.6. The number of carboxylic acids is 1. The number of carbonyl (C=O) groups is 2. The largest absolute Gasteiger partial charge is 0.481 e. The first-order chi connectivity index (χ1) is 11.3. The lowest BCUT2D eigenvalue weighted by Crippen LogP contribution is -2.42. The van der Waals surface area contributed by atoms with Crippen molar-refractivity contribution in [1.29, 1.82) is 0 Å². The van der Waals surface area contributed by atoms with Gasteiger partial charge in [-0.15, -0.1) is 0 Å². The lowest BCUT2D eigenvalue weighted by atomic mass is 9.90. The molecule has 0 aromatic heterocycles. The minimum Gasteiger partial charge on any atom is -0.481 e. The van der Waals surface area contributed by atoms with Gasteiger partial charge in [0.25, 0.3) is 0 Å². The summed E-state index contributed by atoms with van der Waals surface area (Å²) in [6.07, 6.45) is 0.551. The second kappa shape index (κ2) is 7.30. The van der Waals surface area contributed by atoms with Crippen molar-refractivity contribution in [3.05, 3.63) is 35.6 Å². The molecule has 24 heavy (non-hydrogen) atoms. The molecule has 5 nitrogen and oxygen atoms in total. The molecule has 0 aliphatic carbocycles. The van der Waals surface area contributed by atoms with Crippen LogP contribution in [0.15, 0.2) is 24.3 Å². The van der Waals surface area contributed by atoms with E-state index in [0.717, 1.165) is 5.56 Å². The smallest absolute Gasteiger partial charge is 0.310 e. The van der Waals surface area contributed by atoms with Crippen molar-refractivity contribution >= 4 is 11.9 Å². The maximum absolute atomic E-state index is 13.1. The molecule has 2 atom stereocenters. The van der Waals surface area contributed by atoms with Gasteiger partial charge in [-0.3, -0.25) is 14.5 Å². The van der Waals surface area contributed by atoms with Gasteiger partial charge in [-0.2, -0.15) is 0 Å². The molecule has 1 N–H and O–H groups in total. The zero-order valence-electron chi connectivity index (χ0n) is 14.5. The van der Waals surface area contributed by atoms with Crippen molar-refractivity contribution in [1.82, 2.24) is 9.80 Å². The van der Waals surface area contributed by atoms with Gasteiger partial charge < -0.3 is 10.0 Å². The number of likely N-dealkylation sites (N-methyl/N-ethyl adjacent to an activating group) is 1. The lowest BCUT2D eigenvalue weighted by molar-refractivity contribution is -0.147. The predicted molar refractivity (Wildman–Crippen MR) is 89.0 cm³/mol. The summed E-state index contributed by atoms with van der Waals surface area (Å²) < 4.78 is 13.1. The topological polar surface area (TPSA) is 60.9 Å². The summed E-state index contributed by atoms with van der Waals surface area (Å²) in [5, 5.41) is 9.29. The Morgan fingerprint density at radius 3 is 2.50 bits per heavy atom. The van der Waals surface area contributed by atoms with Crippen LogP contribution in [0.1, 0.15) is 38.8 Å². The van der Waals surface area contributed by atoms with Crippen LogP contribution in [0.3, 0.4) is 0 Å². The molecule has 132 valence electrons. The van der Waals surface area contributed by atoms with Crippen LogP contribution in [0.5, 0.6) is 0 Å². The highest BCUT2D eigenvalue weighted by Gasteiger charge is 2.41. The Hall–Kier alpha value is -1.95. The maximum Gasteiger partial charge on any atom is 0.310 e. The minimum absolute atomic E-state index is 0.0380. The summed E-state index contributed by atoms with van der Waals surface area (Å²) in [5.74, 6) is -1.15. The third kappa shape index (κ3) is 3.93. The van der Waals surface area contributed by atoms with Crippen molar-refractivity contribution in [3.8, 4) is 0 Å². The second-order valence-corrected chi connectivity index (χ2v) is 6.73. The molecule has 0 radical (unpaired) electrons. The number of rotatable bonds is 6. The molecular weight excluding hydrogens is 311 g/mol. The van der Waals surface area contributed by atoms with Gasteiger partial charge in [0.15, 0.2) is 0 Å². The fourth-order valence-corrected chi connectivity index (χ4v) is 3.24. The maximum atomic E-state index is 13.1. The van der Waals surface area contributed by atoms with E-state index in [1.165, 1.54) is 12.1 Å². The first kappa shape index (κ1) is 18.4. The zero-order chi connectivity index (χ0) is 17.9. The second-order valence-electron chi connectivity index (χ2n) is 6.73. The number of benzene rings is 1. The number of amides is 1. The number of halogens is 1. The fraction of sp³-hybridized carbons (Fsp3) is 0.556. The van der Waals surface area contributed by atoms with Crippen LogP contribution in [0, 0.1) is 11.2 Å². The Morgan fingerprint density at radius 2 is 2.00 bits per heavy atom. The van der Waals surface area contributed by atoms with Crippen molar-refractivity contribution in [2.45, 2.75) is 33.2 Å². The van der Waals surface area contributed by atoms with Crippen LogP contribution < -0.4 is 0 Å². The van der Waals surface area contributed by atoms with Gasteiger partial charge in [0.2, 0.25) is 5.91 Å². The zero-order valence-corrected chi connectivity index (χ0v) is 14.5. The highest BCUT2D eigenvalue weighted by atomic mass is 19.1. The Morgan fingerprint density at radius 1 is 1.38 bits per heavy atom. The SMILES string of the molecule is CCN(C(=O)CN1CCC(C)(C(=O)O)C1)C(C)c1ccc(F)cc1. The Kier molecular flexibility index (Phi) is 5.59. The van der Waals surface area contributed by atoms with E-state index in [1.54, 1.807) is 24.0 Å². The van der Waals surface area contributed by atoms with Crippen LogP contribution in [0.4, 0.5) is 4.39 Å². The van der Waals surface area contributed by atoms with E-state index in [1.807, 2.05) is 18.7 Å². The molecule has 0 spiro atoms. The van der Waals surface area contributed by atoms with Gasteiger partial charge in [-0.1, -0.05) is 12.1 Å². The monoisotopic (exact) mass is 336 g/mol. The normalized spacial score (nSPS) is 22.3. The molecule has 1 aromatic carbocycles. The molecule has 1 amide bonds. The van der Waals surface area contributed by atoms with E-state index in [-0.39, 0.29) is 24.3 Å². The molecule has 1 heterocycles. The van der Waals surface area contributed by atoms with Crippen LogP contribution in [0.2, 0.25) is 0 Å². The summed E-state index contributed by atoms with van der Waals surface area (Å²) in [6, 6.07) is 6.00. The number of carboxylic acid groups (broad SMARTS) is 1. The van der Waals surface area contributed by atoms with Crippen LogP contribution in [0.25, 0.3) is 0 Å². The average molecular weight is 336 g/mol. The van der Waals surface area contributed by atoms with E-state index in [9.17, 15) is 19.1 Å². The molecule has 0 bridgehead atoms. The average Bonchev–Trinajstić information content (AvgIpc) is 2.91. The van der Waals surface area contributed by atoms with Gasteiger partial charge in [-0.25, -0.2) is 4.39 Å². The molecule has 1 aliphatic heterocycles. The third-order valence-electron chi connectivity index (χ3n) is 4.91. The van der Waals surface area contributed by atoms with E-state index in [4.69, 9.17) is 0 Å². The highest BCUT2D eigenvalue weighted by Crippen LogP contribution is 2.30. The molecule has 1 fully saturated rings. The first-order valence-electron chi connectivity index (χ1n) is 8.27. The minimum atomic E-state index is -0.815. The molecule has 1 aromatic rings. The van der Waals surface area contributed by atoms with Crippen molar-refractivity contribution in [2.24, 2.45) is 5.41 Å². The van der Waals surface area contributed by atoms with Gasteiger partial charge >= 0.3 is 5.97 Å². The van der Waals surface area contributed by atoms with Crippen LogP contribution in [-0.2, 0) is 9.59 Å². The summed E-state index contributed by atoms with van der Waals surface area (Å²) >= 11 is 0. The van der Waals surface area contributed by atoms with Gasteiger partial charge in [0, 0.05) is 13.1 Å². The van der Waals surface area contributed by atoms with E-state index < -0.39 is 11.4 Å². The number of hydrogen-bond acceptors (Lipinski definition) is 3. The van der Waals surface area contributed by atoms with E-state index in [2.05, 4.69) is 0 Å². The van der Waals surface area contributed by atoms with Gasteiger partial charge in [-0.05, 0) is 51.4 Å². The molecule has 2 unspecified atom stereocenters. The van der Waals surface area contributed by atoms with Crippen molar-refractivity contribution < 1.29 is 19.1 Å². The Balaban J connectivity index is 2.01. The number of carbonyl (C=O) groups excluding carboxylic acids is 1. The third-order valence-corrected chi connectivity index (χ3v) is 4.91. The summed E-state index contributed by atoms with van der Waals surface area (Å²) in [6.45, 7) is 7.29. The predicted octanol–water partition coefficient (Wildman–Crippen LogP) is 2.53. The molecule has 1 aliphatic rings. The fourth-order valence-electron chi connectivity index (χ4n) is 3.24. The number of hydrogen-bond donors (Lipinski definition) is 1. The quantitative estimate of drug-likeness (QED) is 0.867. The summed E-state index contributed by atoms with van der Waals surface area (Å²) in [5.41, 5.74) is 0.100.